The molecule has 0 aliphatic heterocycles. The molecule has 13 heavy (non-hydrogen) atoms. The number of fused-ring (bicyclic) bond motifs is 1. The van der Waals surface area contributed by atoms with E-state index in [4.69, 9.17) is 9.56 Å². The van der Waals surface area contributed by atoms with Crippen LogP contribution in [-0.4, -0.2) is 0 Å². The maximum absolute atomic E-state index is 11.0. The number of nitrogens with two attached hydrogens (primary N) is 1. The second-order valence-electron chi connectivity index (χ2n) is 2.54. The van der Waals surface area contributed by atoms with E-state index >= 15 is 0 Å². The molecule has 1 aromatic carbocycles. The van der Waals surface area contributed by atoms with Crippen LogP contribution in [0.25, 0.3) is 11.0 Å². The van der Waals surface area contributed by atoms with Crippen molar-refractivity contribution in [1.29, 1.82) is 0 Å². The topological polar surface area (TPSA) is 56.2 Å². The molecule has 3 nitrogen and oxygen atoms in total. The van der Waals surface area contributed by atoms with Gasteiger partial charge in [-0.15, -0.1) is 0 Å². The molecule has 1 aromatic heterocycles. The summed E-state index contributed by atoms with van der Waals surface area (Å²) in [5.41, 5.74) is 0.203. The van der Waals surface area contributed by atoms with E-state index in [1.807, 2.05) is 18.2 Å². The van der Waals surface area contributed by atoms with Crippen LogP contribution in [0.2, 0.25) is 0 Å². The van der Waals surface area contributed by atoms with E-state index in [0.717, 1.165) is 22.2 Å². The van der Waals surface area contributed by atoms with E-state index in [1.54, 1.807) is 6.07 Å². The molecule has 0 saturated heterocycles. The Morgan fingerprint density at radius 2 is 2.08 bits per heavy atom. The van der Waals surface area contributed by atoms with Crippen LogP contribution in [-0.2, 0) is 0 Å². The van der Waals surface area contributed by atoms with E-state index in [0.29, 0.717) is 5.58 Å². The molecule has 0 saturated carbocycles. The molecule has 2 aromatic rings. The van der Waals surface area contributed by atoms with Crippen molar-refractivity contribution >= 4 is 22.9 Å². The molecule has 0 unspecified atom stereocenters. The lowest BCUT2D eigenvalue weighted by atomic mass is 10.2. The average Bonchev–Trinajstić information content (AvgIpc) is 2.16. The van der Waals surface area contributed by atoms with Crippen LogP contribution in [0.15, 0.2) is 44.4 Å². The van der Waals surface area contributed by atoms with Gasteiger partial charge in [0.25, 0.3) is 0 Å². The Morgan fingerprint density at radius 3 is 2.85 bits per heavy atom. The molecule has 2 N–H and O–H groups in total. The summed E-state index contributed by atoms with van der Waals surface area (Å²) in [5.74, 6) is 0. The number of benzene rings is 1. The molecule has 0 aliphatic carbocycles. The molecule has 0 fully saturated rings. The van der Waals surface area contributed by atoms with Gasteiger partial charge in [0.05, 0.1) is 0 Å². The van der Waals surface area contributed by atoms with E-state index in [-0.39, 0.29) is 5.63 Å². The van der Waals surface area contributed by atoms with Crippen molar-refractivity contribution in [2.75, 3.05) is 0 Å². The average molecular weight is 193 g/mol. The van der Waals surface area contributed by atoms with Gasteiger partial charge in [-0.25, -0.2) is 4.79 Å². The normalized spacial score (nSPS) is 10.5. The predicted molar refractivity (Wildman–Crippen MR) is 52.5 cm³/mol. The molecule has 66 valence electrons. The maximum Gasteiger partial charge on any atom is 0.337 e. The summed E-state index contributed by atoms with van der Waals surface area (Å²) in [4.78, 5) is 11.8. The minimum absolute atomic E-state index is 0.369. The summed E-state index contributed by atoms with van der Waals surface area (Å²) >= 11 is 1.05. The first-order valence-electron chi connectivity index (χ1n) is 3.71. The van der Waals surface area contributed by atoms with Crippen molar-refractivity contribution in [3.63, 3.8) is 0 Å². The van der Waals surface area contributed by atoms with Crippen LogP contribution >= 0.6 is 11.9 Å². The molecule has 0 atom stereocenters. The predicted octanol–water partition coefficient (Wildman–Crippen LogP) is 1.76. The summed E-state index contributed by atoms with van der Waals surface area (Å²) in [6.45, 7) is 0. The fourth-order valence-electron chi connectivity index (χ4n) is 1.18. The van der Waals surface area contributed by atoms with Gasteiger partial charge in [-0.3, -0.25) is 5.14 Å². The summed E-state index contributed by atoms with van der Waals surface area (Å²) in [7, 11) is 0. The van der Waals surface area contributed by atoms with Gasteiger partial charge >= 0.3 is 5.63 Å². The van der Waals surface area contributed by atoms with E-state index in [1.165, 1.54) is 6.07 Å². The second kappa shape index (κ2) is 3.24. The Morgan fingerprint density at radius 1 is 1.31 bits per heavy atom. The fraction of sp³-hybridized carbons (Fsp3) is 0. The third-order valence-corrected chi connectivity index (χ3v) is 2.33. The van der Waals surface area contributed by atoms with Crippen LogP contribution < -0.4 is 10.8 Å². The molecule has 0 aliphatic rings. The lowest BCUT2D eigenvalue weighted by Crippen LogP contribution is -1.98. The molecule has 0 bridgehead atoms. The van der Waals surface area contributed by atoms with E-state index in [9.17, 15) is 4.79 Å². The molecule has 4 heteroatoms. The highest BCUT2D eigenvalue weighted by Gasteiger charge is 2.02. The summed E-state index contributed by atoms with van der Waals surface area (Å²) in [6.07, 6.45) is 0. The maximum atomic E-state index is 11.0. The lowest BCUT2D eigenvalue weighted by molar-refractivity contribution is 0.557. The standard InChI is InChI=1S/C9H7NO2S/c10-13-8-5-9(11)12-7-4-2-1-3-6(7)8/h1-5H,10H2. The third-order valence-electron chi connectivity index (χ3n) is 1.74. The summed E-state index contributed by atoms with van der Waals surface area (Å²) in [5, 5.41) is 6.29. The van der Waals surface area contributed by atoms with Crippen molar-refractivity contribution in [2.24, 2.45) is 5.14 Å². The van der Waals surface area contributed by atoms with E-state index in [2.05, 4.69) is 0 Å². The Kier molecular flexibility index (Phi) is 2.08. The second-order valence-corrected chi connectivity index (χ2v) is 3.22. The van der Waals surface area contributed by atoms with Crippen LogP contribution in [0.3, 0.4) is 0 Å². The van der Waals surface area contributed by atoms with Gasteiger partial charge in [-0.05, 0) is 18.0 Å². The zero-order valence-corrected chi connectivity index (χ0v) is 7.51. The summed E-state index contributed by atoms with van der Waals surface area (Å²) in [6, 6.07) is 8.70. The number of hydrogen-bond donors (Lipinski definition) is 1. The van der Waals surface area contributed by atoms with Crippen LogP contribution in [0, 0.1) is 0 Å². The highest BCUT2D eigenvalue weighted by Crippen LogP contribution is 2.22. The van der Waals surface area contributed by atoms with Gasteiger partial charge in [0.15, 0.2) is 0 Å². The third kappa shape index (κ3) is 1.46. The minimum Gasteiger partial charge on any atom is -0.423 e. The lowest BCUT2D eigenvalue weighted by Gasteiger charge is -1.99. The van der Waals surface area contributed by atoms with Gasteiger partial charge in [0, 0.05) is 16.3 Å². The smallest absolute Gasteiger partial charge is 0.337 e. The van der Waals surface area contributed by atoms with Crippen molar-refractivity contribution in [3.8, 4) is 0 Å². The highest BCUT2D eigenvalue weighted by molar-refractivity contribution is 7.97. The zero-order valence-electron chi connectivity index (χ0n) is 6.69. The molecular formula is C9H7NO2S. The Bertz CT molecular complexity index is 492. The fourth-order valence-corrected chi connectivity index (χ4v) is 1.64. The summed E-state index contributed by atoms with van der Waals surface area (Å²) < 4.78 is 4.98. The first-order valence-corrected chi connectivity index (χ1v) is 4.59. The first kappa shape index (κ1) is 8.34. The van der Waals surface area contributed by atoms with E-state index < -0.39 is 0 Å². The van der Waals surface area contributed by atoms with Gasteiger partial charge in [-0.2, -0.15) is 0 Å². The van der Waals surface area contributed by atoms with Crippen molar-refractivity contribution in [3.05, 3.63) is 40.8 Å². The number of para-hydroxylation sites is 1. The number of rotatable bonds is 1. The first-order chi connectivity index (χ1) is 6.31. The largest absolute Gasteiger partial charge is 0.423 e. The SMILES string of the molecule is NSc1cc(=O)oc2ccccc12. The Labute approximate surface area is 78.7 Å². The Balaban J connectivity index is 2.89. The van der Waals surface area contributed by atoms with Crippen molar-refractivity contribution in [1.82, 2.24) is 0 Å². The molecule has 2 rings (SSSR count). The van der Waals surface area contributed by atoms with Crippen LogP contribution in [0.1, 0.15) is 0 Å². The van der Waals surface area contributed by atoms with Crippen molar-refractivity contribution in [2.45, 2.75) is 4.90 Å². The van der Waals surface area contributed by atoms with Crippen LogP contribution in [0.4, 0.5) is 0 Å². The van der Waals surface area contributed by atoms with Gasteiger partial charge in [-0.1, -0.05) is 18.2 Å². The molecule has 0 radical (unpaired) electrons. The van der Waals surface area contributed by atoms with Gasteiger partial charge in [0.2, 0.25) is 0 Å². The van der Waals surface area contributed by atoms with Crippen LogP contribution in [0.5, 0.6) is 0 Å². The van der Waals surface area contributed by atoms with Gasteiger partial charge < -0.3 is 4.42 Å². The Hall–Kier alpha value is -1.26. The molecule has 0 amide bonds. The quantitative estimate of drug-likeness (QED) is 0.553. The zero-order chi connectivity index (χ0) is 9.26. The molecular weight excluding hydrogens is 186 g/mol. The van der Waals surface area contributed by atoms with Gasteiger partial charge in [0.1, 0.15) is 5.58 Å². The molecule has 0 spiro atoms. The monoisotopic (exact) mass is 193 g/mol. The minimum atomic E-state index is -0.369. The van der Waals surface area contributed by atoms with Crippen molar-refractivity contribution < 1.29 is 4.42 Å². The highest BCUT2D eigenvalue weighted by atomic mass is 32.2. The molecule has 1 heterocycles. The number of hydrogen-bond acceptors (Lipinski definition) is 4.